The third kappa shape index (κ3) is 4.21. The molecule has 32 heavy (non-hydrogen) atoms. The second-order valence-electron chi connectivity index (χ2n) is 7.76. The number of carbonyl (C=O) groups is 2. The van der Waals surface area contributed by atoms with Gasteiger partial charge in [0, 0.05) is 32.3 Å². The first kappa shape index (κ1) is 21.5. The van der Waals surface area contributed by atoms with E-state index in [9.17, 15) is 19.5 Å². The van der Waals surface area contributed by atoms with Crippen molar-refractivity contribution in [2.24, 2.45) is 0 Å². The maximum atomic E-state index is 13.2. The number of hydrogen-bond acceptors (Lipinski definition) is 6. The zero-order chi connectivity index (χ0) is 22.7. The normalized spacial score (nSPS) is 13.7. The summed E-state index contributed by atoms with van der Waals surface area (Å²) in [6, 6.07) is 11.6. The summed E-state index contributed by atoms with van der Waals surface area (Å²) in [5.41, 5.74) is 1.42. The zero-order valence-corrected chi connectivity index (χ0v) is 17.9. The average molecular weight is 435 g/mol. The third-order valence-electron chi connectivity index (χ3n) is 5.63. The van der Waals surface area contributed by atoms with Gasteiger partial charge >= 0.3 is 5.97 Å². The third-order valence-corrected chi connectivity index (χ3v) is 5.63. The van der Waals surface area contributed by atoms with Gasteiger partial charge in [0.25, 0.3) is 5.56 Å². The minimum atomic E-state index is -0.891. The summed E-state index contributed by atoms with van der Waals surface area (Å²) < 4.78 is 6.40. The number of esters is 1. The van der Waals surface area contributed by atoms with Crippen molar-refractivity contribution >= 4 is 22.9 Å². The molecule has 0 aliphatic carbocycles. The monoisotopic (exact) mass is 435 g/mol. The molecule has 1 fully saturated rings. The number of aromatic nitrogens is 2. The van der Waals surface area contributed by atoms with Crippen LogP contribution in [0.15, 0.2) is 47.4 Å². The van der Waals surface area contributed by atoms with Crippen molar-refractivity contribution in [3.63, 3.8) is 0 Å². The molecule has 0 spiro atoms. The molecule has 8 nitrogen and oxygen atoms in total. The molecule has 0 unspecified atom stereocenters. The van der Waals surface area contributed by atoms with Crippen LogP contribution in [0.4, 0.5) is 0 Å². The van der Waals surface area contributed by atoms with Gasteiger partial charge in [-0.15, -0.1) is 0 Å². The molecule has 1 aliphatic heterocycles. The lowest BCUT2D eigenvalue weighted by atomic mass is 10.1. The van der Waals surface area contributed by atoms with Gasteiger partial charge < -0.3 is 19.3 Å². The summed E-state index contributed by atoms with van der Waals surface area (Å²) in [5, 5.41) is 10.7. The number of rotatable bonds is 7. The molecular formula is C24H25N3O5. The summed E-state index contributed by atoms with van der Waals surface area (Å²) in [4.78, 5) is 43.8. The Kier molecular flexibility index (Phi) is 6.20. The van der Waals surface area contributed by atoms with Gasteiger partial charge in [-0.25, -0.2) is 4.79 Å². The molecule has 8 heteroatoms. The predicted molar refractivity (Wildman–Crippen MR) is 119 cm³/mol. The van der Waals surface area contributed by atoms with Crippen molar-refractivity contribution in [2.45, 2.75) is 32.7 Å². The lowest BCUT2D eigenvalue weighted by molar-refractivity contribution is -0.127. The maximum absolute atomic E-state index is 13.2. The SMILES string of the molecule is CCOC(=O)c1c(O)c2ncc(Cc3ccccc3)cc2n(CCN2CCCC2=O)c1=O. The Balaban J connectivity index is 1.80. The molecule has 3 aromatic rings. The fraction of sp³-hybridized carbons (Fsp3) is 0.333. The summed E-state index contributed by atoms with van der Waals surface area (Å²) in [5.74, 6) is -1.32. The number of carbonyl (C=O) groups excluding carboxylic acids is 2. The van der Waals surface area contributed by atoms with Gasteiger partial charge in [-0.1, -0.05) is 30.3 Å². The number of amides is 1. The molecule has 0 radical (unpaired) electrons. The largest absolute Gasteiger partial charge is 0.505 e. The summed E-state index contributed by atoms with van der Waals surface area (Å²) in [7, 11) is 0. The van der Waals surface area contributed by atoms with E-state index in [-0.39, 0.29) is 24.6 Å². The van der Waals surface area contributed by atoms with E-state index < -0.39 is 22.8 Å². The standard InChI is InChI=1S/C24H25N3O5/c1-2-32-24(31)20-22(29)21-18(14-17(15-25-21)13-16-7-4-3-5-8-16)27(23(20)30)12-11-26-10-6-9-19(26)28/h3-5,7-8,14-15,29H,2,6,9-13H2,1H3. The Morgan fingerprint density at radius 3 is 2.62 bits per heavy atom. The van der Waals surface area contributed by atoms with Gasteiger partial charge in [0.2, 0.25) is 5.91 Å². The highest BCUT2D eigenvalue weighted by molar-refractivity contribution is 5.98. The fourth-order valence-electron chi connectivity index (χ4n) is 4.05. The van der Waals surface area contributed by atoms with Crippen molar-refractivity contribution in [2.75, 3.05) is 19.7 Å². The van der Waals surface area contributed by atoms with E-state index in [0.29, 0.717) is 31.4 Å². The second-order valence-corrected chi connectivity index (χ2v) is 7.76. The molecule has 1 amide bonds. The van der Waals surface area contributed by atoms with Gasteiger partial charge in [-0.2, -0.15) is 0 Å². The minimum absolute atomic E-state index is 0.0506. The molecule has 166 valence electrons. The molecule has 1 aliphatic rings. The summed E-state index contributed by atoms with van der Waals surface area (Å²) in [6.45, 7) is 2.86. The number of hydrogen-bond donors (Lipinski definition) is 1. The number of nitrogens with zero attached hydrogens (tertiary/aromatic N) is 3. The van der Waals surface area contributed by atoms with Crippen LogP contribution >= 0.6 is 0 Å². The van der Waals surface area contributed by atoms with Crippen molar-refractivity contribution in [3.05, 3.63) is 69.6 Å². The lowest BCUT2D eigenvalue weighted by Gasteiger charge is -2.19. The van der Waals surface area contributed by atoms with Crippen molar-refractivity contribution in [3.8, 4) is 5.75 Å². The summed E-state index contributed by atoms with van der Waals surface area (Å²) >= 11 is 0. The molecular weight excluding hydrogens is 410 g/mol. The number of aromatic hydroxyl groups is 1. The molecule has 0 atom stereocenters. The Morgan fingerprint density at radius 2 is 1.94 bits per heavy atom. The van der Waals surface area contributed by atoms with Gasteiger partial charge in [0.05, 0.1) is 12.1 Å². The van der Waals surface area contributed by atoms with Crippen LogP contribution in [0, 0.1) is 0 Å². The van der Waals surface area contributed by atoms with E-state index >= 15 is 0 Å². The van der Waals surface area contributed by atoms with E-state index in [2.05, 4.69) is 4.98 Å². The molecule has 0 bridgehead atoms. The van der Waals surface area contributed by atoms with Gasteiger partial charge in [-0.3, -0.25) is 14.6 Å². The van der Waals surface area contributed by atoms with E-state index in [1.165, 1.54) is 4.57 Å². The van der Waals surface area contributed by atoms with Gasteiger partial charge in [0.1, 0.15) is 5.52 Å². The van der Waals surface area contributed by atoms with Crippen LogP contribution in [0.25, 0.3) is 11.0 Å². The van der Waals surface area contributed by atoms with Crippen molar-refractivity contribution in [1.82, 2.24) is 14.5 Å². The number of fused-ring (bicyclic) bond motifs is 1. The highest BCUT2D eigenvalue weighted by Gasteiger charge is 2.26. The van der Waals surface area contributed by atoms with Crippen LogP contribution in [0.2, 0.25) is 0 Å². The first-order valence-corrected chi connectivity index (χ1v) is 10.7. The molecule has 0 saturated carbocycles. The van der Waals surface area contributed by atoms with E-state index in [1.54, 1.807) is 24.1 Å². The number of pyridine rings is 2. The van der Waals surface area contributed by atoms with Crippen LogP contribution < -0.4 is 5.56 Å². The highest BCUT2D eigenvalue weighted by atomic mass is 16.5. The second kappa shape index (κ2) is 9.21. The Bertz CT molecular complexity index is 1220. The first-order valence-electron chi connectivity index (χ1n) is 10.7. The van der Waals surface area contributed by atoms with E-state index in [0.717, 1.165) is 17.5 Å². The minimum Gasteiger partial charge on any atom is -0.505 e. The van der Waals surface area contributed by atoms with Crippen molar-refractivity contribution in [1.29, 1.82) is 0 Å². The Morgan fingerprint density at radius 1 is 1.16 bits per heavy atom. The van der Waals surface area contributed by atoms with Gasteiger partial charge in [-0.05, 0) is 37.0 Å². The molecule has 4 rings (SSSR count). The predicted octanol–water partition coefficient (Wildman–Crippen LogP) is 2.49. The van der Waals surface area contributed by atoms with Crippen LogP contribution in [-0.2, 0) is 22.5 Å². The van der Waals surface area contributed by atoms with Crippen LogP contribution in [0.3, 0.4) is 0 Å². The zero-order valence-electron chi connectivity index (χ0n) is 17.9. The van der Waals surface area contributed by atoms with Gasteiger partial charge in [0.15, 0.2) is 11.3 Å². The first-order chi connectivity index (χ1) is 15.5. The van der Waals surface area contributed by atoms with Crippen molar-refractivity contribution < 1.29 is 19.4 Å². The average Bonchev–Trinajstić information content (AvgIpc) is 3.19. The molecule has 1 N–H and O–H groups in total. The fourth-order valence-corrected chi connectivity index (χ4v) is 4.05. The number of benzene rings is 1. The van der Waals surface area contributed by atoms with Crippen LogP contribution in [0.1, 0.15) is 41.3 Å². The molecule has 1 saturated heterocycles. The molecule has 1 aromatic carbocycles. The Hall–Kier alpha value is -3.68. The smallest absolute Gasteiger partial charge is 0.347 e. The number of ether oxygens (including phenoxy) is 1. The topological polar surface area (TPSA) is 102 Å². The van der Waals surface area contributed by atoms with E-state index in [4.69, 9.17) is 4.74 Å². The highest BCUT2D eigenvalue weighted by Crippen LogP contribution is 2.26. The molecule has 2 aromatic heterocycles. The summed E-state index contributed by atoms with van der Waals surface area (Å²) in [6.07, 6.45) is 3.52. The Labute approximate surface area is 185 Å². The number of likely N-dealkylation sites (tertiary alicyclic amines) is 1. The quantitative estimate of drug-likeness (QED) is 0.572. The lowest BCUT2D eigenvalue weighted by Crippen LogP contribution is -2.34. The maximum Gasteiger partial charge on any atom is 0.347 e. The van der Waals surface area contributed by atoms with Crippen LogP contribution in [0.5, 0.6) is 5.75 Å². The van der Waals surface area contributed by atoms with Crippen LogP contribution in [-0.4, -0.2) is 51.1 Å². The van der Waals surface area contributed by atoms with E-state index in [1.807, 2.05) is 30.3 Å². The molecule has 3 heterocycles.